The van der Waals surface area contributed by atoms with Gasteiger partial charge in [0.1, 0.15) is 29.5 Å². The fraction of sp³-hybridized carbons (Fsp3) is 0.567. The molecule has 1 aromatic carbocycles. The van der Waals surface area contributed by atoms with Crippen LogP contribution in [-0.4, -0.2) is 77.4 Å². The van der Waals surface area contributed by atoms with Gasteiger partial charge in [0.05, 0.1) is 31.8 Å². The maximum absolute atomic E-state index is 14.0. The Morgan fingerprint density at radius 2 is 1.84 bits per heavy atom. The van der Waals surface area contributed by atoms with Crippen LogP contribution in [0.25, 0.3) is 11.0 Å². The zero-order valence-electron chi connectivity index (χ0n) is 25.5. The molecule has 1 aliphatic heterocycles. The van der Waals surface area contributed by atoms with Gasteiger partial charge in [0.15, 0.2) is 0 Å². The number of nitrogens with zero attached hydrogens (tertiary/aromatic N) is 3. The molecule has 2 aromatic rings. The molecule has 242 valence electrons. The molecule has 11 nitrogen and oxygen atoms in total. The Bertz CT molecular complexity index is 1350. The Morgan fingerprint density at radius 1 is 1.11 bits per heavy atom. The van der Waals surface area contributed by atoms with Crippen molar-refractivity contribution in [1.29, 1.82) is 0 Å². The second-order valence-corrected chi connectivity index (χ2v) is 11.4. The van der Waals surface area contributed by atoms with E-state index in [0.29, 0.717) is 12.2 Å². The van der Waals surface area contributed by atoms with Crippen LogP contribution in [0, 0.1) is 0 Å². The number of carbonyl (C=O) groups is 3. The van der Waals surface area contributed by atoms with Gasteiger partial charge in [-0.25, -0.2) is 19.6 Å². The number of likely N-dealkylation sites (tertiary alicyclic amines) is 1. The highest BCUT2D eigenvalue weighted by molar-refractivity contribution is 5.90. The lowest BCUT2D eigenvalue weighted by molar-refractivity contribution is -0.151. The Hall–Kier alpha value is -4.10. The number of unbranched alkanes of at least 4 members (excludes halogenated alkanes) is 3. The van der Waals surface area contributed by atoms with E-state index in [2.05, 4.69) is 21.9 Å². The third-order valence-corrected chi connectivity index (χ3v) is 6.80. The lowest BCUT2D eigenvalue weighted by atomic mass is 10.1. The fourth-order valence-corrected chi connectivity index (χ4v) is 4.78. The van der Waals surface area contributed by atoms with Gasteiger partial charge >= 0.3 is 18.2 Å². The molecule has 3 atom stereocenters. The fourth-order valence-electron chi connectivity index (χ4n) is 4.78. The van der Waals surface area contributed by atoms with Crippen molar-refractivity contribution in [2.24, 2.45) is 0 Å². The topological polar surface area (TPSA) is 129 Å². The van der Waals surface area contributed by atoms with Crippen LogP contribution < -0.4 is 14.8 Å². The number of ether oxygens (including phenoxy) is 4. The Kier molecular flexibility index (Phi) is 11.4. The summed E-state index contributed by atoms with van der Waals surface area (Å²) >= 11 is 0. The summed E-state index contributed by atoms with van der Waals surface area (Å²) < 4.78 is 63.1. The molecule has 0 radical (unpaired) electrons. The number of hydrogen-bond acceptors (Lipinski definition) is 9. The van der Waals surface area contributed by atoms with E-state index in [4.69, 9.17) is 18.9 Å². The zero-order valence-corrected chi connectivity index (χ0v) is 25.5. The molecule has 0 spiro atoms. The molecule has 0 aliphatic carbocycles. The second kappa shape index (κ2) is 14.6. The van der Waals surface area contributed by atoms with Crippen LogP contribution in [-0.2, 0) is 25.2 Å². The molecular formula is C30H39F3N4O7. The molecular weight excluding hydrogens is 585 g/mol. The molecule has 14 heteroatoms. The monoisotopic (exact) mass is 624 g/mol. The molecule has 0 unspecified atom stereocenters. The van der Waals surface area contributed by atoms with Gasteiger partial charge in [-0.3, -0.25) is 4.79 Å². The molecule has 1 N–H and O–H groups in total. The maximum atomic E-state index is 14.0. The summed E-state index contributed by atoms with van der Waals surface area (Å²) in [6.07, 6.45) is -2.00. The molecule has 1 fully saturated rings. The molecule has 44 heavy (non-hydrogen) atoms. The van der Waals surface area contributed by atoms with Crippen LogP contribution in [0.1, 0.15) is 65.0 Å². The number of rotatable bonds is 12. The van der Waals surface area contributed by atoms with Gasteiger partial charge in [0.25, 0.3) is 0 Å². The minimum Gasteiger partial charge on any atom is -0.497 e. The van der Waals surface area contributed by atoms with E-state index in [0.717, 1.165) is 31.3 Å². The number of allylic oxidation sites excluding steroid dienone is 1. The summed E-state index contributed by atoms with van der Waals surface area (Å²) in [4.78, 5) is 48.1. The third kappa shape index (κ3) is 9.20. The molecule has 1 aromatic heterocycles. The van der Waals surface area contributed by atoms with Crippen LogP contribution in [0.2, 0.25) is 0 Å². The van der Waals surface area contributed by atoms with E-state index < -0.39 is 59.5 Å². The van der Waals surface area contributed by atoms with Gasteiger partial charge in [-0.2, -0.15) is 13.2 Å². The van der Waals surface area contributed by atoms with Crippen molar-refractivity contribution in [2.45, 2.75) is 89.3 Å². The summed E-state index contributed by atoms with van der Waals surface area (Å²) in [5.41, 5.74) is -2.10. The van der Waals surface area contributed by atoms with Crippen LogP contribution >= 0.6 is 0 Å². The number of fused-ring (bicyclic) bond motifs is 1. The van der Waals surface area contributed by atoms with Crippen LogP contribution in [0.3, 0.4) is 0 Å². The summed E-state index contributed by atoms with van der Waals surface area (Å²) in [5, 5.41) is 2.59. The number of amides is 2. The normalized spacial score (nSPS) is 17.6. The highest BCUT2D eigenvalue weighted by atomic mass is 19.4. The smallest absolute Gasteiger partial charge is 0.438 e. The highest BCUT2D eigenvalue weighted by Gasteiger charge is 2.45. The van der Waals surface area contributed by atoms with Gasteiger partial charge < -0.3 is 29.2 Å². The van der Waals surface area contributed by atoms with E-state index in [9.17, 15) is 27.6 Å². The first kappa shape index (κ1) is 34.4. The predicted octanol–water partition coefficient (Wildman–Crippen LogP) is 5.21. The highest BCUT2D eigenvalue weighted by Crippen LogP contribution is 2.37. The summed E-state index contributed by atoms with van der Waals surface area (Å²) in [6, 6.07) is 1.97. The minimum absolute atomic E-state index is 0.0229. The van der Waals surface area contributed by atoms with E-state index in [1.54, 1.807) is 26.8 Å². The SMILES string of the molecule is C=CCCCCC[C@H](NC(=O)OC(C)(C)C)C(=O)N1C[C@H](Oc2nc3cc(OC)ccc3nc2C(F)(F)F)C[C@H]1C(=O)OC. The maximum Gasteiger partial charge on any atom is 0.438 e. The van der Waals surface area contributed by atoms with Crippen LogP contribution in [0.15, 0.2) is 30.9 Å². The van der Waals surface area contributed by atoms with Gasteiger partial charge in [-0.15, -0.1) is 6.58 Å². The van der Waals surface area contributed by atoms with Gasteiger partial charge in [-0.05, 0) is 52.2 Å². The van der Waals surface area contributed by atoms with E-state index in [-0.39, 0.29) is 30.4 Å². The first-order valence-corrected chi connectivity index (χ1v) is 14.2. The standard InChI is InChI=1S/C30H39F3N4O7/c1-7-8-9-10-11-12-21(36-28(40)44-29(2,3)4)26(38)37-17-19(16-23(37)27(39)42-6)43-25-24(30(31,32)33)34-20-14-13-18(41-5)15-22(20)35-25/h7,13-15,19,21,23H,1,8-12,16-17H2,2-6H3,(H,36,40)/t19-,21+,23+/m1/s1. The van der Waals surface area contributed by atoms with Crippen molar-refractivity contribution in [3.8, 4) is 11.6 Å². The van der Waals surface area contributed by atoms with E-state index in [1.165, 1.54) is 25.3 Å². The first-order valence-electron chi connectivity index (χ1n) is 14.2. The molecule has 2 amide bonds. The molecule has 3 rings (SSSR count). The quantitative estimate of drug-likeness (QED) is 0.192. The van der Waals surface area contributed by atoms with Crippen molar-refractivity contribution in [2.75, 3.05) is 20.8 Å². The van der Waals surface area contributed by atoms with E-state index in [1.807, 2.05) is 0 Å². The zero-order chi connectivity index (χ0) is 32.7. The molecule has 2 heterocycles. The number of alkyl carbamates (subject to hydrolysis) is 1. The van der Waals surface area contributed by atoms with Crippen molar-refractivity contribution in [1.82, 2.24) is 20.2 Å². The number of aromatic nitrogens is 2. The summed E-state index contributed by atoms with van der Waals surface area (Å²) in [5.74, 6) is -1.84. The lowest BCUT2D eigenvalue weighted by Gasteiger charge is -2.29. The van der Waals surface area contributed by atoms with Crippen molar-refractivity contribution in [3.63, 3.8) is 0 Å². The molecule has 1 saturated heterocycles. The number of alkyl halides is 3. The van der Waals surface area contributed by atoms with Crippen LogP contribution in [0.4, 0.5) is 18.0 Å². The van der Waals surface area contributed by atoms with Gasteiger partial charge in [0, 0.05) is 12.5 Å². The number of benzene rings is 1. The number of halogens is 3. The Labute approximate surface area is 254 Å². The van der Waals surface area contributed by atoms with Gasteiger partial charge in [0.2, 0.25) is 17.5 Å². The number of methoxy groups -OCH3 is 2. The van der Waals surface area contributed by atoms with Crippen molar-refractivity contribution >= 4 is 29.0 Å². The predicted molar refractivity (Wildman–Crippen MR) is 154 cm³/mol. The number of esters is 1. The van der Waals surface area contributed by atoms with E-state index >= 15 is 0 Å². The number of hydrogen-bond donors (Lipinski definition) is 1. The third-order valence-electron chi connectivity index (χ3n) is 6.80. The minimum atomic E-state index is -4.90. The average molecular weight is 625 g/mol. The number of carbonyl (C=O) groups excluding carboxylic acids is 3. The Balaban J connectivity index is 1.90. The Morgan fingerprint density at radius 3 is 2.45 bits per heavy atom. The molecule has 1 aliphatic rings. The largest absolute Gasteiger partial charge is 0.497 e. The number of nitrogens with one attached hydrogen (secondary N) is 1. The van der Waals surface area contributed by atoms with Crippen LogP contribution in [0.5, 0.6) is 11.6 Å². The summed E-state index contributed by atoms with van der Waals surface area (Å²) in [7, 11) is 2.54. The summed E-state index contributed by atoms with van der Waals surface area (Å²) in [6.45, 7) is 8.45. The lowest BCUT2D eigenvalue weighted by Crippen LogP contribution is -2.52. The second-order valence-electron chi connectivity index (χ2n) is 11.4. The first-order chi connectivity index (χ1) is 20.7. The van der Waals surface area contributed by atoms with Crippen molar-refractivity contribution < 1.29 is 46.5 Å². The van der Waals surface area contributed by atoms with Gasteiger partial charge in [-0.1, -0.05) is 18.9 Å². The molecule has 0 bridgehead atoms. The average Bonchev–Trinajstić information content (AvgIpc) is 3.37. The molecule has 0 saturated carbocycles. The van der Waals surface area contributed by atoms with Crippen molar-refractivity contribution in [3.05, 3.63) is 36.5 Å².